The molecule has 20 heavy (non-hydrogen) atoms. The van der Waals surface area contributed by atoms with Gasteiger partial charge in [0.1, 0.15) is 0 Å². The molecule has 4 aliphatic carbocycles. The summed E-state index contributed by atoms with van der Waals surface area (Å²) in [7, 11) is 0. The van der Waals surface area contributed by atoms with Gasteiger partial charge in [-0.1, -0.05) is 5.16 Å². The van der Waals surface area contributed by atoms with E-state index in [0.717, 1.165) is 42.3 Å². The van der Waals surface area contributed by atoms with Gasteiger partial charge >= 0.3 is 0 Å². The molecule has 4 saturated carbocycles. The maximum atomic E-state index is 6.64. The van der Waals surface area contributed by atoms with E-state index in [1.165, 1.54) is 38.5 Å². The Labute approximate surface area is 120 Å². The molecule has 1 heterocycles. The Morgan fingerprint density at radius 1 is 1.20 bits per heavy atom. The van der Waals surface area contributed by atoms with E-state index in [-0.39, 0.29) is 0 Å². The van der Waals surface area contributed by atoms with Crippen molar-refractivity contribution in [1.29, 1.82) is 0 Å². The number of hydrogen-bond donors (Lipinski definition) is 1. The van der Waals surface area contributed by atoms with Gasteiger partial charge < -0.3 is 10.3 Å². The van der Waals surface area contributed by atoms with Crippen molar-refractivity contribution in [3.05, 3.63) is 11.7 Å². The van der Waals surface area contributed by atoms with E-state index >= 15 is 0 Å². The van der Waals surface area contributed by atoms with Crippen LogP contribution in [0.2, 0.25) is 0 Å². The van der Waals surface area contributed by atoms with Gasteiger partial charge in [0.05, 0.1) is 0 Å². The van der Waals surface area contributed by atoms with Crippen LogP contribution in [-0.4, -0.2) is 16.2 Å². The lowest BCUT2D eigenvalue weighted by molar-refractivity contribution is -0.0682. The minimum absolute atomic E-state index is 0.308. The van der Waals surface area contributed by atoms with Gasteiger partial charge in [-0.2, -0.15) is 4.98 Å². The highest BCUT2D eigenvalue weighted by atomic mass is 16.5. The van der Waals surface area contributed by atoms with Crippen molar-refractivity contribution in [2.75, 3.05) is 0 Å². The second kappa shape index (κ2) is 4.55. The molecule has 110 valence electrons. The fourth-order valence-electron chi connectivity index (χ4n) is 5.66. The number of hydrogen-bond acceptors (Lipinski definition) is 4. The smallest absolute Gasteiger partial charge is 0.226 e. The Kier molecular flexibility index (Phi) is 2.92. The summed E-state index contributed by atoms with van der Waals surface area (Å²) in [6.07, 6.45) is 10.4. The Morgan fingerprint density at radius 2 is 1.80 bits per heavy atom. The topological polar surface area (TPSA) is 64.9 Å². The highest BCUT2D eigenvalue weighted by Gasteiger charge is 2.53. The second-order valence-corrected chi connectivity index (χ2v) is 7.66. The van der Waals surface area contributed by atoms with Crippen molar-refractivity contribution in [2.45, 2.75) is 64.3 Å². The third-order valence-electron chi connectivity index (χ3n) is 6.11. The molecular formula is C16H25N3O. The van der Waals surface area contributed by atoms with Crippen molar-refractivity contribution < 1.29 is 4.52 Å². The van der Waals surface area contributed by atoms with Gasteiger partial charge in [0.25, 0.3) is 0 Å². The van der Waals surface area contributed by atoms with Crippen LogP contribution in [0.15, 0.2) is 4.52 Å². The third kappa shape index (κ3) is 2.09. The molecule has 0 amide bonds. The summed E-state index contributed by atoms with van der Waals surface area (Å²) in [5, 5.41) is 3.86. The second-order valence-electron chi connectivity index (χ2n) is 7.66. The fourth-order valence-corrected chi connectivity index (χ4v) is 5.66. The number of nitrogens with two attached hydrogens (primary N) is 1. The molecule has 0 aromatic carbocycles. The average molecular weight is 275 g/mol. The van der Waals surface area contributed by atoms with E-state index in [1.807, 2.05) is 6.92 Å². The molecule has 1 atom stereocenters. The van der Waals surface area contributed by atoms with Crippen molar-refractivity contribution >= 4 is 0 Å². The lowest BCUT2D eigenvalue weighted by Crippen LogP contribution is -2.54. The minimum Gasteiger partial charge on any atom is -0.339 e. The van der Waals surface area contributed by atoms with Crippen molar-refractivity contribution in [3.8, 4) is 0 Å². The van der Waals surface area contributed by atoms with E-state index < -0.39 is 0 Å². The van der Waals surface area contributed by atoms with E-state index in [0.29, 0.717) is 11.5 Å². The molecule has 4 aliphatic rings. The number of aryl methyl sites for hydroxylation is 2. The molecule has 4 heteroatoms. The lowest BCUT2D eigenvalue weighted by atomic mass is 9.47. The number of aromatic nitrogens is 2. The van der Waals surface area contributed by atoms with Crippen LogP contribution >= 0.6 is 0 Å². The Balaban J connectivity index is 1.44. The standard InChI is InChI=1S/C16H25N3O/c1-10-18-15(20-19-10)3-2-14(17)16-7-11-4-12(8-16)6-13(5-11)9-16/h11-14H,2-9,17H2,1H3. The zero-order valence-electron chi connectivity index (χ0n) is 12.3. The Bertz CT molecular complexity index is 460. The van der Waals surface area contributed by atoms with Gasteiger partial charge in [-0.05, 0) is 75.0 Å². The maximum absolute atomic E-state index is 6.64. The molecule has 2 N–H and O–H groups in total. The van der Waals surface area contributed by atoms with Gasteiger partial charge in [-0.15, -0.1) is 0 Å². The predicted octanol–water partition coefficient (Wildman–Crippen LogP) is 2.85. The summed E-state index contributed by atoms with van der Waals surface area (Å²) in [4.78, 5) is 4.30. The molecule has 0 radical (unpaired) electrons. The first-order valence-electron chi connectivity index (χ1n) is 8.18. The van der Waals surface area contributed by atoms with Gasteiger partial charge in [-0.3, -0.25) is 0 Å². The van der Waals surface area contributed by atoms with Gasteiger partial charge in [-0.25, -0.2) is 0 Å². The van der Waals surface area contributed by atoms with Gasteiger partial charge in [0.2, 0.25) is 5.89 Å². The van der Waals surface area contributed by atoms with Crippen LogP contribution in [0.1, 0.15) is 56.7 Å². The molecule has 4 nitrogen and oxygen atoms in total. The zero-order valence-corrected chi connectivity index (χ0v) is 12.3. The number of nitrogens with zero attached hydrogens (tertiary/aromatic N) is 2. The van der Waals surface area contributed by atoms with Crippen molar-refractivity contribution in [2.24, 2.45) is 28.9 Å². The first-order valence-corrected chi connectivity index (χ1v) is 8.18. The first-order chi connectivity index (χ1) is 9.63. The summed E-state index contributed by atoms with van der Waals surface area (Å²) in [6, 6.07) is 0.308. The quantitative estimate of drug-likeness (QED) is 0.917. The summed E-state index contributed by atoms with van der Waals surface area (Å²) in [5.74, 6) is 4.39. The zero-order chi connectivity index (χ0) is 13.7. The highest BCUT2D eigenvalue weighted by molar-refractivity contribution is 5.05. The molecule has 5 rings (SSSR count). The van der Waals surface area contributed by atoms with Crippen molar-refractivity contribution in [1.82, 2.24) is 10.1 Å². The van der Waals surface area contributed by atoms with Crippen LogP contribution in [-0.2, 0) is 6.42 Å². The molecule has 1 aromatic rings. The predicted molar refractivity (Wildman–Crippen MR) is 75.9 cm³/mol. The van der Waals surface area contributed by atoms with E-state index in [2.05, 4.69) is 10.1 Å². The number of rotatable bonds is 4. The van der Waals surface area contributed by atoms with Crippen LogP contribution in [0.5, 0.6) is 0 Å². The van der Waals surface area contributed by atoms with E-state index in [4.69, 9.17) is 10.3 Å². The minimum atomic E-state index is 0.308. The molecule has 1 aromatic heterocycles. The van der Waals surface area contributed by atoms with Crippen LogP contribution in [0.25, 0.3) is 0 Å². The van der Waals surface area contributed by atoms with Crippen LogP contribution in [0.3, 0.4) is 0 Å². The third-order valence-corrected chi connectivity index (χ3v) is 6.11. The lowest BCUT2D eigenvalue weighted by Gasteiger charge is -2.59. The summed E-state index contributed by atoms with van der Waals surface area (Å²) in [5.41, 5.74) is 7.07. The van der Waals surface area contributed by atoms with Crippen molar-refractivity contribution in [3.63, 3.8) is 0 Å². The van der Waals surface area contributed by atoms with Gasteiger partial charge in [0, 0.05) is 12.5 Å². The maximum Gasteiger partial charge on any atom is 0.226 e. The molecule has 0 spiro atoms. The monoisotopic (exact) mass is 275 g/mol. The van der Waals surface area contributed by atoms with Crippen LogP contribution in [0.4, 0.5) is 0 Å². The molecule has 0 aliphatic heterocycles. The molecule has 0 saturated heterocycles. The summed E-state index contributed by atoms with van der Waals surface area (Å²) in [6.45, 7) is 1.87. The van der Waals surface area contributed by atoms with Crippen LogP contribution < -0.4 is 5.73 Å². The highest BCUT2D eigenvalue weighted by Crippen LogP contribution is 2.61. The molecule has 4 fully saturated rings. The Morgan fingerprint density at radius 3 is 2.30 bits per heavy atom. The summed E-state index contributed by atoms with van der Waals surface area (Å²) < 4.78 is 5.22. The molecule has 1 unspecified atom stereocenters. The normalized spacial score (nSPS) is 40.2. The SMILES string of the molecule is Cc1noc(CCC(N)C23CC4CC(CC(C4)C2)C3)n1. The fraction of sp³-hybridized carbons (Fsp3) is 0.875. The molecule has 4 bridgehead atoms. The van der Waals surface area contributed by atoms with Gasteiger partial charge in [0.15, 0.2) is 5.82 Å². The molecular weight excluding hydrogens is 250 g/mol. The summed E-state index contributed by atoms with van der Waals surface area (Å²) >= 11 is 0. The van der Waals surface area contributed by atoms with E-state index in [9.17, 15) is 0 Å². The Hall–Kier alpha value is -0.900. The largest absolute Gasteiger partial charge is 0.339 e. The van der Waals surface area contributed by atoms with E-state index in [1.54, 1.807) is 0 Å². The average Bonchev–Trinajstić information content (AvgIpc) is 2.80. The first kappa shape index (κ1) is 12.8. The van der Waals surface area contributed by atoms with Crippen LogP contribution in [0, 0.1) is 30.1 Å².